The van der Waals surface area contributed by atoms with E-state index in [1.165, 1.54) is 0 Å². The molecule has 0 aromatic heterocycles. The van der Waals surface area contributed by atoms with Gasteiger partial charge in [-0.2, -0.15) is 0 Å². The molecule has 2 rings (SSSR count). The van der Waals surface area contributed by atoms with Crippen LogP contribution in [0.15, 0.2) is 42.5 Å². The van der Waals surface area contributed by atoms with Crippen molar-refractivity contribution in [2.75, 3.05) is 25.1 Å². The van der Waals surface area contributed by atoms with E-state index in [0.717, 1.165) is 22.4 Å². The van der Waals surface area contributed by atoms with Crippen molar-refractivity contribution in [3.63, 3.8) is 0 Å². The van der Waals surface area contributed by atoms with E-state index >= 15 is 0 Å². The summed E-state index contributed by atoms with van der Waals surface area (Å²) in [7, 11) is 0. The van der Waals surface area contributed by atoms with Gasteiger partial charge in [0.15, 0.2) is 0 Å². The first-order chi connectivity index (χ1) is 12.2. The zero-order valence-corrected chi connectivity index (χ0v) is 16.1. The van der Waals surface area contributed by atoms with Crippen LogP contribution in [0, 0.1) is 6.92 Å². The molecule has 26 heavy (non-hydrogen) atoms. The van der Waals surface area contributed by atoms with Gasteiger partial charge in [-0.05, 0) is 48.7 Å². The molecule has 0 unspecified atom stereocenters. The molecule has 1 amide bonds. The van der Waals surface area contributed by atoms with Crippen LogP contribution in [0.5, 0.6) is 0 Å². The van der Waals surface area contributed by atoms with Gasteiger partial charge in [-0.25, -0.2) is 0 Å². The number of nitrogens with one attached hydrogen (secondary N) is 1. The van der Waals surface area contributed by atoms with Crippen molar-refractivity contribution in [1.82, 2.24) is 0 Å². The maximum atomic E-state index is 12.4. The molecule has 0 bridgehead atoms. The number of rotatable bonds is 9. The number of nitrogens with two attached hydrogens (primary N) is 1. The predicted molar refractivity (Wildman–Crippen MR) is 107 cm³/mol. The molecule has 5 nitrogen and oxygen atoms in total. The monoisotopic (exact) mass is 378 g/mol. The Labute approximate surface area is 161 Å². The Kier molecular flexibility index (Phi) is 9.91. The summed E-state index contributed by atoms with van der Waals surface area (Å²) >= 11 is 0. The number of carbonyl (C=O) groups is 1. The fourth-order valence-corrected chi connectivity index (χ4v) is 2.41. The number of hydrogen-bond acceptors (Lipinski definition) is 4. The highest BCUT2D eigenvalue weighted by Gasteiger charge is 2.10. The van der Waals surface area contributed by atoms with Crippen LogP contribution >= 0.6 is 12.4 Å². The van der Waals surface area contributed by atoms with Crippen LogP contribution < -0.4 is 11.1 Å². The molecule has 0 spiro atoms. The Morgan fingerprint density at radius 3 is 2.42 bits per heavy atom. The zero-order valence-electron chi connectivity index (χ0n) is 15.3. The van der Waals surface area contributed by atoms with Crippen molar-refractivity contribution >= 4 is 24.0 Å². The number of benzene rings is 2. The van der Waals surface area contributed by atoms with Crippen LogP contribution in [0.2, 0.25) is 0 Å². The molecule has 6 heteroatoms. The van der Waals surface area contributed by atoms with Gasteiger partial charge in [-0.1, -0.05) is 24.3 Å². The number of ether oxygens (including phenoxy) is 2. The largest absolute Gasteiger partial charge is 0.379 e. The van der Waals surface area contributed by atoms with E-state index in [4.69, 9.17) is 15.2 Å². The van der Waals surface area contributed by atoms with Gasteiger partial charge in [-0.3, -0.25) is 4.79 Å². The third-order valence-corrected chi connectivity index (χ3v) is 3.98. The Bertz CT molecular complexity index is 690. The van der Waals surface area contributed by atoms with E-state index in [1.54, 1.807) is 12.1 Å². The second-order valence-corrected chi connectivity index (χ2v) is 5.69. The predicted octanol–water partition coefficient (Wildman–Crippen LogP) is 3.68. The van der Waals surface area contributed by atoms with Crippen LogP contribution in [0.1, 0.15) is 34.0 Å². The Morgan fingerprint density at radius 2 is 1.77 bits per heavy atom. The second-order valence-electron chi connectivity index (χ2n) is 5.69. The normalized spacial score (nSPS) is 10.3. The van der Waals surface area contributed by atoms with Gasteiger partial charge in [-0.15, -0.1) is 12.4 Å². The standard InChI is InChI=1S/C20H26N2O3.ClH/c1-3-24-11-12-25-14-18-5-4-6-19(15(18)2)22-20(23)17-9-7-16(13-21)8-10-17;/h4-10H,3,11-14,21H2,1-2H3,(H,22,23);1H. The number of carbonyl (C=O) groups excluding carboxylic acids is 1. The first-order valence-electron chi connectivity index (χ1n) is 8.50. The Balaban J connectivity index is 0.00000338. The van der Waals surface area contributed by atoms with Gasteiger partial charge in [0.25, 0.3) is 5.91 Å². The summed E-state index contributed by atoms with van der Waals surface area (Å²) in [6, 6.07) is 13.1. The highest BCUT2D eigenvalue weighted by atomic mass is 35.5. The van der Waals surface area contributed by atoms with Crippen molar-refractivity contribution in [2.24, 2.45) is 5.73 Å². The van der Waals surface area contributed by atoms with Crippen molar-refractivity contribution in [1.29, 1.82) is 0 Å². The number of anilines is 1. The molecule has 0 aliphatic heterocycles. The minimum absolute atomic E-state index is 0. The lowest BCUT2D eigenvalue weighted by molar-refractivity contribution is 0.0451. The van der Waals surface area contributed by atoms with Crippen LogP contribution in [0.25, 0.3) is 0 Å². The number of hydrogen-bond donors (Lipinski definition) is 2. The van der Waals surface area contributed by atoms with Gasteiger partial charge in [0, 0.05) is 24.4 Å². The summed E-state index contributed by atoms with van der Waals surface area (Å²) in [5.74, 6) is -0.138. The molecular formula is C20H27ClN2O3. The summed E-state index contributed by atoms with van der Waals surface area (Å²) in [4.78, 5) is 12.4. The van der Waals surface area contributed by atoms with Gasteiger partial charge in [0.05, 0.1) is 19.8 Å². The van der Waals surface area contributed by atoms with Crippen LogP contribution in [0.4, 0.5) is 5.69 Å². The smallest absolute Gasteiger partial charge is 0.255 e. The minimum Gasteiger partial charge on any atom is -0.379 e. The number of halogens is 1. The maximum absolute atomic E-state index is 12.4. The summed E-state index contributed by atoms with van der Waals surface area (Å²) in [6.07, 6.45) is 0. The molecule has 0 saturated carbocycles. The molecule has 0 atom stereocenters. The minimum atomic E-state index is -0.138. The molecule has 142 valence electrons. The van der Waals surface area contributed by atoms with E-state index in [2.05, 4.69) is 5.32 Å². The fourth-order valence-electron chi connectivity index (χ4n) is 2.41. The molecule has 0 saturated heterocycles. The summed E-state index contributed by atoms with van der Waals surface area (Å²) < 4.78 is 10.9. The lowest BCUT2D eigenvalue weighted by Gasteiger charge is -2.13. The van der Waals surface area contributed by atoms with E-state index in [1.807, 2.05) is 44.2 Å². The van der Waals surface area contributed by atoms with E-state index in [0.29, 0.717) is 38.5 Å². The quantitative estimate of drug-likeness (QED) is 0.653. The van der Waals surface area contributed by atoms with E-state index in [-0.39, 0.29) is 18.3 Å². The first kappa shape index (κ1) is 22.1. The molecule has 0 aliphatic carbocycles. The molecule has 2 aromatic rings. The lowest BCUT2D eigenvalue weighted by Crippen LogP contribution is -2.14. The SMILES string of the molecule is CCOCCOCc1cccc(NC(=O)c2ccc(CN)cc2)c1C.Cl. The average Bonchev–Trinajstić information content (AvgIpc) is 2.64. The molecule has 0 radical (unpaired) electrons. The molecule has 2 aromatic carbocycles. The number of amides is 1. The van der Waals surface area contributed by atoms with Gasteiger partial charge >= 0.3 is 0 Å². The summed E-state index contributed by atoms with van der Waals surface area (Å²) in [5, 5.41) is 2.96. The molecule has 3 N–H and O–H groups in total. The van der Waals surface area contributed by atoms with Crippen LogP contribution in [-0.2, 0) is 22.6 Å². The van der Waals surface area contributed by atoms with E-state index in [9.17, 15) is 4.79 Å². The first-order valence-corrected chi connectivity index (χ1v) is 8.50. The molecule has 0 aliphatic rings. The highest BCUT2D eigenvalue weighted by Crippen LogP contribution is 2.20. The maximum Gasteiger partial charge on any atom is 0.255 e. The van der Waals surface area contributed by atoms with E-state index < -0.39 is 0 Å². The molecule has 0 heterocycles. The third kappa shape index (κ3) is 6.42. The molecular weight excluding hydrogens is 352 g/mol. The molecule has 0 fully saturated rings. The Morgan fingerprint density at radius 1 is 1.08 bits per heavy atom. The summed E-state index contributed by atoms with van der Waals surface area (Å²) in [5.41, 5.74) is 10.0. The Hall–Kier alpha value is -1.92. The topological polar surface area (TPSA) is 73.6 Å². The zero-order chi connectivity index (χ0) is 18.1. The van der Waals surface area contributed by atoms with Gasteiger partial charge < -0.3 is 20.5 Å². The van der Waals surface area contributed by atoms with Crippen molar-refractivity contribution in [2.45, 2.75) is 27.0 Å². The third-order valence-electron chi connectivity index (χ3n) is 3.98. The summed E-state index contributed by atoms with van der Waals surface area (Å²) in [6.45, 7) is 6.73. The van der Waals surface area contributed by atoms with Crippen molar-refractivity contribution in [3.8, 4) is 0 Å². The second kappa shape index (κ2) is 11.6. The highest BCUT2D eigenvalue weighted by molar-refractivity contribution is 6.04. The van der Waals surface area contributed by atoms with Crippen molar-refractivity contribution < 1.29 is 14.3 Å². The average molecular weight is 379 g/mol. The lowest BCUT2D eigenvalue weighted by atomic mass is 10.1. The van der Waals surface area contributed by atoms with Gasteiger partial charge in [0.2, 0.25) is 0 Å². The van der Waals surface area contributed by atoms with Crippen LogP contribution in [-0.4, -0.2) is 25.7 Å². The van der Waals surface area contributed by atoms with Crippen LogP contribution in [0.3, 0.4) is 0 Å². The fraction of sp³-hybridized carbons (Fsp3) is 0.350. The van der Waals surface area contributed by atoms with Crippen molar-refractivity contribution in [3.05, 3.63) is 64.7 Å². The van der Waals surface area contributed by atoms with Gasteiger partial charge in [0.1, 0.15) is 0 Å².